The molecule has 1 aliphatic heterocycles. The number of nitrogens with two attached hydrogens (primary N) is 1. The van der Waals surface area contributed by atoms with E-state index in [1.807, 2.05) is 0 Å². The first kappa shape index (κ1) is 19.2. The van der Waals surface area contributed by atoms with Crippen molar-refractivity contribution in [3.8, 4) is 5.88 Å². The van der Waals surface area contributed by atoms with Crippen LogP contribution in [0.2, 0.25) is 0 Å². The molecule has 1 atom stereocenters. The molecule has 146 valence electrons. The number of carbonyl (C=O) groups excluding carboxylic acids is 2. The molecule has 2 aliphatic rings. The van der Waals surface area contributed by atoms with Crippen molar-refractivity contribution in [3.63, 3.8) is 0 Å². The number of amides is 1. The van der Waals surface area contributed by atoms with E-state index in [2.05, 4.69) is 14.9 Å². The van der Waals surface area contributed by atoms with Gasteiger partial charge in [-0.3, -0.25) is 9.59 Å². The standard InChI is InChI=1S/C17H20F2N4O4/c1-16(2)8-17(7-10(20)13(16)24)9-23(5-6-26-17)14(25)11-3-4-12(22-21-11)27-15(18)19/h3-4,7,15H,5-6,8-9,20H2,1-2H3. The fraction of sp³-hybridized carbons (Fsp3) is 0.529. The highest BCUT2D eigenvalue weighted by Gasteiger charge is 2.48. The van der Waals surface area contributed by atoms with Gasteiger partial charge >= 0.3 is 6.61 Å². The Balaban J connectivity index is 1.78. The van der Waals surface area contributed by atoms with Gasteiger partial charge in [-0.2, -0.15) is 8.78 Å². The second-order valence-electron chi connectivity index (χ2n) is 7.26. The van der Waals surface area contributed by atoms with E-state index in [1.54, 1.807) is 19.9 Å². The molecule has 1 aromatic rings. The fourth-order valence-electron chi connectivity index (χ4n) is 3.54. The van der Waals surface area contributed by atoms with Crippen molar-refractivity contribution < 1.29 is 27.8 Å². The van der Waals surface area contributed by atoms with Crippen molar-refractivity contribution in [2.75, 3.05) is 19.7 Å². The third kappa shape index (κ3) is 3.90. The van der Waals surface area contributed by atoms with Crippen LogP contribution >= 0.6 is 0 Å². The Morgan fingerprint density at radius 2 is 2.11 bits per heavy atom. The van der Waals surface area contributed by atoms with E-state index < -0.39 is 23.5 Å². The van der Waals surface area contributed by atoms with Crippen molar-refractivity contribution in [1.29, 1.82) is 0 Å². The predicted molar refractivity (Wildman–Crippen MR) is 88.9 cm³/mol. The molecule has 0 aromatic carbocycles. The molecule has 2 heterocycles. The van der Waals surface area contributed by atoms with Crippen LogP contribution in [0.15, 0.2) is 23.9 Å². The van der Waals surface area contributed by atoms with Crippen LogP contribution in [0.1, 0.15) is 30.8 Å². The summed E-state index contributed by atoms with van der Waals surface area (Å²) in [6, 6.07) is 2.43. The van der Waals surface area contributed by atoms with Crippen LogP contribution in [-0.2, 0) is 9.53 Å². The summed E-state index contributed by atoms with van der Waals surface area (Å²) in [4.78, 5) is 26.5. The van der Waals surface area contributed by atoms with Crippen LogP contribution in [0.3, 0.4) is 0 Å². The normalized spacial score (nSPS) is 24.9. The molecule has 0 saturated carbocycles. The molecule has 27 heavy (non-hydrogen) atoms. The Kier molecular flexibility index (Phi) is 4.85. The number of rotatable bonds is 3. The SMILES string of the molecule is CC1(C)CC2(C=C(N)C1=O)CN(C(=O)c1ccc(OC(F)F)nn1)CCO2. The van der Waals surface area contributed by atoms with E-state index >= 15 is 0 Å². The van der Waals surface area contributed by atoms with Crippen LogP contribution in [-0.4, -0.2) is 58.7 Å². The largest absolute Gasteiger partial charge is 0.415 e. The number of hydrogen-bond donors (Lipinski definition) is 1. The lowest BCUT2D eigenvalue weighted by Gasteiger charge is -2.46. The minimum atomic E-state index is -3.02. The van der Waals surface area contributed by atoms with Gasteiger partial charge in [0.1, 0.15) is 5.60 Å². The third-order valence-corrected chi connectivity index (χ3v) is 4.60. The molecule has 1 spiro atoms. The first-order valence-corrected chi connectivity index (χ1v) is 8.37. The molecule has 1 saturated heterocycles. The zero-order chi connectivity index (χ0) is 19.8. The summed E-state index contributed by atoms with van der Waals surface area (Å²) in [6.07, 6.45) is 1.96. The summed E-state index contributed by atoms with van der Waals surface area (Å²) in [5, 5.41) is 7.14. The Hall–Kier alpha value is -2.62. The van der Waals surface area contributed by atoms with Gasteiger partial charge in [-0.1, -0.05) is 13.8 Å². The minimum absolute atomic E-state index is 0.00300. The van der Waals surface area contributed by atoms with E-state index in [0.29, 0.717) is 13.0 Å². The number of carbonyl (C=O) groups is 2. The number of Topliss-reactive ketones (excluding diaryl/α,β-unsaturated/α-hetero) is 1. The second kappa shape index (κ2) is 6.84. The number of ketones is 1. The highest BCUT2D eigenvalue weighted by Crippen LogP contribution is 2.40. The zero-order valence-corrected chi connectivity index (χ0v) is 14.9. The molecule has 1 amide bonds. The molecule has 1 fully saturated rings. The Morgan fingerprint density at radius 1 is 1.37 bits per heavy atom. The van der Waals surface area contributed by atoms with Gasteiger partial charge in [0.25, 0.3) is 5.91 Å². The maximum atomic E-state index is 12.7. The average Bonchev–Trinajstić information content (AvgIpc) is 2.59. The van der Waals surface area contributed by atoms with Gasteiger partial charge in [0.05, 0.1) is 18.8 Å². The highest BCUT2D eigenvalue weighted by atomic mass is 19.3. The van der Waals surface area contributed by atoms with Gasteiger partial charge in [-0.05, 0) is 18.6 Å². The van der Waals surface area contributed by atoms with Crippen LogP contribution < -0.4 is 10.5 Å². The molecular formula is C17H20F2N4O4. The van der Waals surface area contributed by atoms with E-state index in [9.17, 15) is 18.4 Å². The number of ether oxygens (including phenoxy) is 2. The molecule has 8 nitrogen and oxygen atoms in total. The molecule has 3 rings (SSSR count). The molecule has 1 aliphatic carbocycles. The summed E-state index contributed by atoms with van der Waals surface area (Å²) in [5.41, 5.74) is 4.43. The number of morpholine rings is 1. The zero-order valence-electron chi connectivity index (χ0n) is 14.9. The lowest BCUT2D eigenvalue weighted by atomic mass is 9.71. The lowest BCUT2D eigenvalue weighted by molar-refractivity contribution is -0.135. The van der Waals surface area contributed by atoms with Crippen LogP contribution in [0.5, 0.6) is 5.88 Å². The predicted octanol–water partition coefficient (Wildman–Crippen LogP) is 1.13. The van der Waals surface area contributed by atoms with Crippen molar-refractivity contribution in [2.24, 2.45) is 11.1 Å². The topological polar surface area (TPSA) is 108 Å². The van der Waals surface area contributed by atoms with Gasteiger partial charge < -0.3 is 20.1 Å². The summed E-state index contributed by atoms with van der Waals surface area (Å²) >= 11 is 0. The molecule has 1 aromatic heterocycles. The number of alkyl halides is 2. The lowest BCUT2D eigenvalue weighted by Crippen LogP contribution is -2.57. The van der Waals surface area contributed by atoms with E-state index in [1.165, 1.54) is 11.0 Å². The van der Waals surface area contributed by atoms with Crippen LogP contribution in [0.4, 0.5) is 8.78 Å². The van der Waals surface area contributed by atoms with Crippen molar-refractivity contribution >= 4 is 11.7 Å². The summed E-state index contributed by atoms with van der Waals surface area (Å²) in [7, 11) is 0. The van der Waals surface area contributed by atoms with Gasteiger partial charge in [0.15, 0.2) is 11.5 Å². The number of hydrogen-bond acceptors (Lipinski definition) is 7. The number of aromatic nitrogens is 2. The number of nitrogens with zero attached hydrogens (tertiary/aromatic N) is 3. The van der Waals surface area contributed by atoms with Crippen molar-refractivity contribution in [3.05, 3.63) is 29.6 Å². The Morgan fingerprint density at radius 3 is 2.70 bits per heavy atom. The van der Waals surface area contributed by atoms with Gasteiger partial charge in [-0.15, -0.1) is 10.2 Å². The first-order chi connectivity index (χ1) is 12.6. The van der Waals surface area contributed by atoms with E-state index in [4.69, 9.17) is 10.5 Å². The van der Waals surface area contributed by atoms with Gasteiger partial charge in [-0.25, -0.2) is 0 Å². The fourth-order valence-corrected chi connectivity index (χ4v) is 3.54. The molecule has 10 heteroatoms. The molecule has 0 bridgehead atoms. The second-order valence-corrected chi connectivity index (χ2v) is 7.26. The Labute approximate surface area is 154 Å². The van der Waals surface area contributed by atoms with Crippen LogP contribution in [0, 0.1) is 5.41 Å². The molecule has 2 N–H and O–H groups in total. The van der Waals surface area contributed by atoms with E-state index in [0.717, 1.165) is 6.07 Å². The van der Waals surface area contributed by atoms with E-state index in [-0.39, 0.29) is 36.2 Å². The molecule has 1 unspecified atom stereocenters. The monoisotopic (exact) mass is 382 g/mol. The molecule has 0 radical (unpaired) electrons. The quantitative estimate of drug-likeness (QED) is 0.835. The maximum Gasteiger partial charge on any atom is 0.388 e. The minimum Gasteiger partial charge on any atom is -0.415 e. The summed E-state index contributed by atoms with van der Waals surface area (Å²) in [6.45, 7) is 1.33. The van der Waals surface area contributed by atoms with Gasteiger partial charge in [0, 0.05) is 18.0 Å². The highest BCUT2D eigenvalue weighted by molar-refractivity contribution is 6.00. The average molecular weight is 382 g/mol. The van der Waals surface area contributed by atoms with Crippen molar-refractivity contribution in [2.45, 2.75) is 32.5 Å². The number of halogens is 2. The van der Waals surface area contributed by atoms with Crippen molar-refractivity contribution in [1.82, 2.24) is 15.1 Å². The van der Waals surface area contributed by atoms with Crippen LogP contribution in [0.25, 0.3) is 0 Å². The smallest absolute Gasteiger partial charge is 0.388 e. The molecular weight excluding hydrogens is 362 g/mol. The van der Waals surface area contributed by atoms with Gasteiger partial charge in [0.2, 0.25) is 5.88 Å². The number of allylic oxidation sites excluding steroid dienone is 1. The maximum absolute atomic E-state index is 12.7. The summed E-state index contributed by atoms with van der Waals surface area (Å²) < 4.78 is 34.4. The summed E-state index contributed by atoms with van der Waals surface area (Å²) in [5.74, 6) is -0.945. The first-order valence-electron chi connectivity index (χ1n) is 8.37. The Bertz CT molecular complexity index is 782. The third-order valence-electron chi connectivity index (χ3n) is 4.60.